The van der Waals surface area contributed by atoms with E-state index < -0.39 is 5.97 Å². The Morgan fingerprint density at radius 2 is 1.88 bits per heavy atom. The summed E-state index contributed by atoms with van der Waals surface area (Å²) in [5, 5.41) is 2.89. The molecule has 0 fully saturated rings. The zero-order chi connectivity index (χ0) is 19.3. The molecule has 6 heteroatoms. The average Bonchev–Trinajstić information content (AvgIpc) is 2.59. The van der Waals surface area contributed by atoms with E-state index in [0.29, 0.717) is 11.3 Å². The maximum absolute atomic E-state index is 12.2. The zero-order valence-corrected chi connectivity index (χ0v) is 16.2. The lowest BCUT2D eigenvalue weighted by atomic mass is 10.1. The Morgan fingerprint density at radius 1 is 1.23 bits per heavy atom. The zero-order valence-electron chi connectivity index (χ0n) is 15.4. The molecular formula is C20H23ClN2O3. The monoisotopic (exact) mass is 374 g/mol. The number of esters is 1. The summed E-state index contributed by atoms with van der Waals surface area (Å²) in [6, 6.07) is 9.59. The number of aryl methyl sites for hydroxylation is 3. The van der Waals surface area contributed by atoms with Crippen molar-refractivity contribution in [1.29, 1.82) is 0 Å². The van der Waals surface area contributed by atoms with E-state index in [0.717, 1.165) is 12.0 Å². The molecule has 1 aromatic carbocycles. The number of benzene rings is 1. The summed E-state index contributed by atoms with van der Waals surface area (Å²) in [5.41, 5.74) is 3.79. The topological polar surface area (TPSA) is 68.3 Å². The minimum Gasteiger partial charge on any atom is -0.452 e. The maximum atomic E-state index is 12.2. The number of carbonyl (C=O) groups excluding carboxylic acids is 2. The summed E-state index contributed by atoms with van der Waals surface area (Å²) in [7, 11) is 0. The standard InChI is InChI=1S/C20H23ClN2O3/c1-5-15-6-8-16(9-7-15)14(4)23-17(24)11-26-20(25)18-12(2)10-13(3)22-19(18)21/h6-10,14H,5,11H2,1-4H3,(H,23,24)/t14-/m1/s1. The van der Waals surface area contributed by atoms with Crippen LogP contribution in [-0.4, -0.2) is 23.5 Å². The lowest BCUT2D eigenvalue weighted by Gasteiger charge is -2.15. The van der Waals surface area contributed by atoms with Crippen molar-refractivity contribution in [1.82, 2.24) is 10.3 Å². The molecule has 0 saturated carbocycles. The van der Waals surface area contributed by atoms with Crippen LogP contribution in [0.3, 0.4) is 0 Å². The molecule has 138 valence electrons. The number of nitrogens with one attached hydrogen (secondary N) is 1. The summed E-state index contributed by atoms with van der Waals surface area (Å²) in [6.07, 6.45) is 0.965. The van der Waals surface area contributed by atoms with Crippen molar-refractivity contribution in [2.75, 3.05) is 6.61 Å². The van der Waals surface area contributed by atoms with E-state index in [1.165, 1.54) is 5.56 Å². The van der Waals surface area contributed by atoms with Crippen LogP contribution < -0.4 is 5.32 Å². The number of pyridine rings is 1. The minimum atomic E-state index is -0.657. The number of amides is 1. The van der Waals surface area contributed by atoms with Gasteiger partial charge in [-0.1, -0.05) is 42.8 Å². The second kappa shape index (κ2) is 8.81. The molecule has 0 aliphatic carbocycles. The summed E-state index contributed by atoms with van der Waals surface area (Å²) in [4.78, 5) is 28.3. The first-order chi connectivity index (χ1) is 12.3. The normalized spacial score (nSPS) is 11.7. The molecule has 1 atom stereocenters. The van der Waals surface area contributed by atoms with E-state index in [9.17, 15) is 9.59 Å². The Kier molecular flexibility index (Phi) is 6.75. The Balaban J connectivity index is 1.92. The molecule has 0 unspecified atom stereocenters. The van der Waals surface area contributed by atoms with Crippen LogP contribution in [0.5, 0.6) is 0 Å². The molecule has 2 aromatic rings. The van der Waals surface area contributed by atoms with Gasteiger partial charge >= 0.3 is 5.97 Å². The number of hydrogen-bond acceptors (Lipinski definition) is 4. The highest BCUT2D eigenvalue weighted by atomic mass is 35.5. The lowest BCUT2D eigenvalue weighted by Crippen LogP contribution is -2.31. The molecule has 0 aliphatic rings. The van der Waals surface area contributed by atoms with Crippen molar-refractivity contribution in [3.8, 4) is 0 Å². The average molecular weight is 375 g/mol. The number of aromatic nitrogens is 1. The first kappa shape index (κ1) is 19.9. The van der Waals surface area contributed by atoms with Gasteiger partial charge in [0.05, 0.1) is 11.6 Å². The van der Waals surface area contributed by atoms with Gasteiger partial charge in [0.15, 0.2) is 6.61 Å². The number of ether oxygens (including phenoxy) is 1. The van der Waals surface area contributed by atoms with Gasteiger partial charge < -0.3 is 10.1 Å². The number of hydrogen-bond donors (Lipinski definition) is 1. The van der Waals surface area contributed by atoms with E-state index in [2.05, 4.69) is 17.2 Å². The molecule has 0 aliphatic heterocycles. The Hall–Kier alpha value is -2.40. The smallest absolute Gasteiger partial charge is 0.342 e. The largest absolute Gasteiger partial charge is 0.452 e. The van der Waals surface area contributed by atoms with Gasteiger partial charge in [-0.2, -0.15) is 0 Å². The van der Waals surface area contributed by atoms with Gasteiger partial charge in [0.1, 0.15) is 5.15 Å². The van der Waals surface area contributed by atoms with Gasteiger partial charge in [-0.3, -0.25) is 4.79 Å². The number of nitrogens with zero attached hydrogens (tertiary/aromatic N) is 1. The SMILES string of the molecule is CCc1ccc([C@@H](C)NC(=O)COC(=O)c2c(C)cc(C)nc2Cl)cc1. The quantitative estimate of drug-likeness (QED) is 0.614. The molecule has 0 saturated heterocycles. The molecule has 1 N–H and O–H groups in total. The fraction of sp³-hybridized carbons (Fsp3) is 0.350. The van der Waals surface area contributed by atoms with Gasteiger partial charge in [0.25, 0.3) is 5.91 Å². The van der Waals surface area contributed by atoms with Crippen LogP contribution >= 0.6 is 11.6 Å². The van der Waals surface area contributed by atoms with E-state index in [1.807, 2.05) is 31.2 Å². The Morgan fingerprint density at radius 3 is 2.46 bits per heavy atom. The van der Waals surface area contributed by atoms with E-state index in [1.54, 1.807) is 19.9 Å². The summed E-state index contributed by atoms with van der Waals surface area (Å²) in [5.74, 6) is -1.03. The molecule has 1 amide bonds. The van der Waals surface area contributed by atoms with Crippen LogP contribution in [0.1, 0.15) is 52.6 Å². The van der Waals surface area contributed by atoms with Crippen LogP contribution in [0.4, 0.5) is 0 Å². The van der Waals surface area contributed by atoms with Crippen LogP contribution in [0.2, 0.25) is 5.15 Å². The highest BCUT2D eigenvalue weighted by Gasteiger charge is 2.19. The number of halogens is 1. The second-order valence-corrected chi connectivity index (χ2v) is 6.56. The molecule has 0 radical (unpaired) electrons. The van der Waals surface area contributed by atoms with E-state index >= 15 is 0 Å². The maximum Gasteiger partial charge on any atom is 0.342 e. The fourth-order valence-electron chi connectivity index (χ4n) is 2.65. The summed E-state index contributed by atoms with van der Waals surface area (Å²) >= 11 is 6.02. The van der Waals surface area contributed by atoms with Gasteiger partial charge in [-0.15, -0.1) is 0 Å². The summed E-state index contributed by atoms with van der Waals surface area (Å²) < 4.78 is 5.09. The Labute approximate surface area is 158 Å². The highest BCUT2D eigenvalue weighted by Crippen LogP contribution is 2.20. The predicted octanol–water partition coefficient (Wildman–Crippen LogP) is 3.95. The van der Waals surface area contributed by atoms with Crippen molar-refractivity contribution in [3.05, 3.63) is 63.4 Å². The molecule has 0 spiro atoms. The first-order valence-corrected chi connectivity index (χ1v) is 8.88. The van der Waals surface area contributed by atoms with Crippen LogP contribution in [0, 0.1) is 13.8 Å². The highest BCUT2D eigenvalue weighted by molar-refractivity contribution is 6.32. The number of rotatable bonds is 6. The van der Waals surface area contributed by atoms with Gasteiger partial charge in [0, 0.05) is 5.69 Å². The van der Waals surface area contributed by atoms with Crippen molar-refractivity contribution < 1.29 is 14.3 Å². The number of carbonyl (C=O) groups is 2. The molecule has 5 nitrogen and oxygen atoms in total. The van der Waals surface area contributed by atoms with Crippen molar-refractivity contribution in [3.63, 3.8) is 0 Å². The van der Waals surface area contributed by atoms with Crippen molar-refractivity contribution >= 4 is 23.5 Å². The summed E-state index contributed by atoms with van der Waals surface area (Å²) in [6.45, 7) is 7.13. The minimum absolute atomic E-state index is 0.0808. The predicted molar refractivity (Wildman–Crippen MR) is 101 cm³/mol. The molecule has 1 aromatic heterocycles. The molecule has 26 heavy (non-hydrogen) atoms. The lowest BCUT2D eigenvalue weighted by molar-refractivity contribution is -0.124. The fourth-order valence-corrected chi connectivity index (χ4v) is 3.01. The van der Waals surface area contributed by atoms with Crippen LogP contribution in [-0.2, 0) is 16.0 Å². The molecule has 1 heterocycles. The third kappa shape index (κ3) is 5.05. The van der Waals surface area contributed by atoms with E-state index in [-0.39, 0.29) is 29.3 Å². The molecule has 2 rings (SSSR count). The first-order valence-electron chi connectivity index (χ1n) is 8.50. The Bertz CT molecular complexity index is 780. The molecule has 0 bridgehead atoms. The van der Waals surface area contributed by atoms with Crippen molar-refractivity contribution in [2.24, 2.45) is 0 Å². The molecular weight excluding hydrogens is 352 g/mol. The van der Waals surface area contributed by atoms with Crippen LogP contribution in [0.15, 0.2) is 30.3 Å². The van der Waals surface area contributed by atoms with Crippen molar-refractivity contribution in [2.45, 2.75) is 40.2 Å². The van der Waals surface area contributed by atoms with Gasteiger partial charge in [-0.25, -0.2) is 9.78 Å². The van der Waals surface area contributed by atoms with Gasteiger partial charge in [0.2, 0.25) is 0 Å². The third-order valence-corrected chi connectivity index (χ3v) is 4.38. The second-order valence-electron chi connectivity index (χ2n) is 6.21. The third-order valence-electron chi connectivity index (χ3n) is 4.10. The van der Waals surface area contributed by atoms with Crippen LogP contribution in [0.25, 0.3) is 0 Å². The van der Waals surface area contributed by atoms with E-state index in [4.69, 9.17) is 16.3 Å². The van der Waals surface area contributed by atoms with Gasteiger partial charge in [-0.05, 0) is 49.9 Å².